The molecule has 1 aliphatic carbocycles. The number of aromatic nitrogens is 2. The zero-order chi connectivity index (χ0) is 14.2. The van der Waals surface area contributed by atoms with E-state index in [9.17, 15) is 5.11 Å². The van der Waals surface area contributed by atoms with Crippen LogP contribution in [0.4, 0.5) is 0 Å². The average Bonchev–Trinajstić information content (AvgIpc) is 2.94. The lowest BCUT2D eigenvalue weighted by atomic mass is 10.0. The van der Waals surface area contributed by atoms with Crippen LogP contribution in [0.1, 0.15) is 36.9 Å². The molecule has 0 bridgehead atoms. The van der Waals surface area contributed by atoms with Gasteiger partial charge in [0.2, 0.25) is 0 Å². The summed E-state index contributed by atoms with van der Waals surface area (Å²) >= 11 is 0. The van der Waals surface area contributed by atoms with Crippen LogP contribution in [0.5, 0.6) is 0 Å². The highest BCUT2D eigenvalue weighted by atomic mass is 16.3. The number of aliphatic hydroxyl groups is 1. The first-order valence-corrected chi connectivity index (χ1v) is 7.39. The summed E-state index contributed by atoms with van der Waals surface area (Å²) in [4.78, 5) is 6.81. The molecule has 0 spiro atoms. The summed E-state index contributed by atoms with van der Waals surface area (Å²) in [7, 11) is 2.06. The Hall–Kier alpha value is -1.39. The van der Waals surface area contributed by atoms with Gasteiger partial charge < -0.3 is 9.51 Å². The van der Waals surface area contributed by atoms with Gasteiger partial charge in [-0.3, -0.25) is 4.90 Å². The third-order valence-corrected chi connectivity index (χ3v) is 4.18. The molecule has 0 aliphatic heterocycles. The molecule has 0 aromatic carbocycles. The summed E-state index contributed by atoms with van der Waals surface area (Å²) in [5, 5.41) is 10.4. The zero-order valence-corrected chi connectivity index (χ0v) is 12.3. The first-order valence-electron chi connectivity index (χ1n) is 7.39. The second-order valence-electron chi connectivity index (χ2n) is 6.31. The molecule has 0 amide bonds. The largest absolute Gasteiger partial charge is 0.389 e. The lowest BCUT2D eigenvalue weighted by Crippen LogP contribution is -2.38. The molecule has 1 fully saturated rings. The minimum atomic E-state index is -0.482. The number of hydrogen-bond acceptors (Lipinski definition) is 3. The number of nitrogens with zero attached hydrogens (tertiary/aromatic N) is 3. The highest BCUT2D eigenvalue weighted by molar-refractivity contribution is 5.41. The van der Waals surface area contributed by atoms with E-state index < -0.39 is 5.60 Å². The topological polar surface area (TPSA) is 40.8 Å². The molecule has 2 heterocycles. The Morgan fingerprint density at radius 1 is 1.30 bits per heavy atom. The Bertz CT molecular complexity index is 599. The predicted molar refractivity (Wildman–Crippen MR) is 79.7 cm³/mol. The molecule has 0 atom stereocenters. The summed E-state index contributed by atoms with van der Waals surface area (Å²) in [6.45, 7) is 3.60. The lowest BCUT2D eigenvalue weighted by molar-refractivity contribution is 0.0143. The number of pyridine rings is 1. The molecular formula is C16H23N3O. The normalized spacial score (nSPS) is 18.2. The van der Waals surface area contributed by atoms with E-state index in [-0.39, 0.29) is 0 Å². The Morgan fingerprint density at radius 3 is 2.80 bits per heavy atom. The number of imidazole rings is 1. The SMILES string of the molecule is Cc1ccc2nc(CN(C)CC3(O)CCCC3)cn2c1. The fourth-order valence-electron chi connectivity index (χ4n) is 3.26. The van der Waals surface area contributed by atoms with Crippen molar-refractivity contribution in [2.24, 2.45) is 0 Å². The van der Waals surface area contributed by atoms with Crippen molar-refractivity contribution in [1.82, 2.24) is 14.3 Å². The monoisotopic (exact) mass is 273 g/mol. The minimum absolute atomic E-state index is 0.482. The van der Waals surface area contributed by atoms with Crippen LogP contribution in [0.25, 0.3) is 5.65 Å². The summed E-state index contributed by atoms with van der Waals surface area (Å²) in [6, 6.07) is 4.13. The Kier molecular flexibility index (Phi) is 3.52. The van der Waals surface area contributed by atoms with E-state index in [1.807, 2.05) is 6.07 Å². The van der Waals surface area contributed by atoms with Gasteiger partial charge in [-0.25, -0.2) is 4.98 Å². The fraction of sp³-hybridized carbons (Fsp3) is 0.562. The van der Waals surface area contributed by atoms with Crippen LogP contribution in [0.2, 0.25) is 0 Å². The van der Waals surface area contributed by atoms with Crippen LogP contribution in [-0.2, 0) is 6.54 Å². The van der Waals surface area contributed by atoms with Gasteiger partial charge in [0, 0.05) is 25.5 Å². The highest BCUT2D eigenvalue weighted by Gasteiger charge is 2.32. The van der Waals surface area contributed by atoms with Crippen LogP contribution in [-0.4, -0.2) is 38.6 Å². The van der Waals surface area contributed by atoms with E-state index >= 15 is 0 Å². The second-order valence-corrected chi connectivity index (χ2v) is 6.31. The number of hydrogen-bond donors (Lipinski definition) is 1. The van der Waals surface area contributed by atoms with Gasteiger partial charge in [0.25, 0.3) is 0 Å². The molecule has 3 rings (SSSR count). The van der Waals surface area contributed by atoms with Gasteiger partial charge >= 0.3 is 0 Å². The van der Waals surface area contributed by atoms with Crippen LogP contribution in [0.15, 0.2) is 24.5 Å². The van der Waals surface area contributed by atoms with E-state index in [2.05, 4.69) is 46.7 Å². The van der Waals surface area contributed by atoms with Gasteiger partial charge in [-0.1, -0.05) is 18.9 Å². The zero-order valence-electron chi connectivity index (χ0n) is 12.3. The molecular weight excluding hydrogens is 250 g/mol. The maximum absolute atomic E-state index is 10.4. The molecule has 4 heteroatoms. The number of likely N-dealkylation sites (N-methyl/N-ethyl adjacent to an activating group) is 1. The van der Waals surface area contributed by atoms with Crippen molar-refractivity contribution in [3.05, 3.63) is 35.8 Å². The van der Waals surface area contributed by atoms with Gasteiger partial charge in [-0.2, -0.15) is 0 Å². The highest BCUT2D eigenvalue weighted by Crippen LogP contribution is 2.30. The second kappa shape index (κ2) is 5.19. The van der Waals surface area contributed by atoms with Crippen molar-refractivity contribution in [1.29, 1.82) is 0 Å². The Morgan fingerprint density at radius 2 is 2.05 bits per heavy atom. The Labute approximate surface area is 120 Å². The minimum Gasteiger partial charge on any atom is -0.389 e. The van der Waals surface area contributed by atoms with Gasteiger partial charge in [-0.15, -0.1) is 0 Å². The van der Waals surface area contributed by atoms with Gasteiger partial charge in [-0.05, 0) is 38.4 Å². The molecule has 1 aliphatic rings. The smallest absolute Gasteiger partial charge is 0.137 e. The number of fused-ring (bicyclic) bond motifs is 1. The lowest BCUT2D eigenvalue weighted by Gasteiger charge is -2.28. The van der Waals surface area contributed by atoms with Crippen molar-refractivity contribution in [3.8, 4) is 0 Å². The van der Waals surface area contributed by atoms with Crippen molar-refractivity contribution >= 4 is 5.65 Å². The van der Waals surface area contributed by atoms with Gasteiger partial charge in [0.05, 0.1) is 11.3 Å². The van der Waals surface area contributed by atoms with E-state index in [1.54, 1.807) is 0 Å². The van der Waals surface area contributed by atoms with E-state index in [0.29, 0.717) is 0 Å². The first-order chi connectivity index (χ1) is 9.54. The van der Waals surface area contributed by atoms with Crippen LogP contribution in [0, 0.1) is 6.92 Å². The molecule has 0 saturated heterocycles. The fourth-order valence-corrected chi connectivity index (χ4v) is 3.26. The number of rotatable bonds is 4. The summed E-state index contributed by atoms with van der Waals surface area (Å²) in [5.74, 6) is 0. The Balaban J connectivity index is 1.69. The van der Waals surface area contributed by atoms with Crippen molar-refractivity contribution < 1.29 is 5.11 Å². The van der Waals surface area contributed by atoms with Gasteiger partial charge in [0.15, 0.2) is 0 Å². The van der Waals surface area contributed by atoms with Crippen LogP contribution < -0.4 is 0 Å². The standard InChI is InChI=1S/C16H23N3O/c1-13-5-6-15-17-14(11-19(15)9-13)10-18(2)12-16(20)7-3-4-8-16/h5-6,9,11,20H,3-4,7-8,10,12H2,1-2H3. The first kappa shape index (κ1) is 13.6. The van der Waals surface area contributed by atoms with E-state index in [4.69, 9.17) is 0 Å². The van der Waals surface area contributed by atoms with Crippen LogP contribution >= 0.6 is 0 Å². The van der Waals surface area contributed by atoms with Gasteiger partial charge in [0.1, 0.15) is 5.65 Å². The quantitative estimate of drug-likeness (QED) is 0.930. The molecule has 2 aromatic rings. The molecule has 1 saturated carbocycles. The third-order valence-electron chi connectivity index (χ3n) is 4.18. The molecule has 4 nitrogen and oxygen atoms in total. The molecule has 0 radical (unpaired) electrons. The molecule has 2 aromatic heterocycles. The van der Waals surface area contributed by atoms with Crippen molar-refractivity contribution in [2.75, 3.05) is 13.6 Å². The average molecular weight is 273 g/mol. The summed E-state index contributed by atoms with van der Waals surface area (Å²) in [5.41, 5.74) is 2.79. The van der Waals surface area contributed by atoms with Crippen LogP contribution in [0.3, 0.4) is 0 Å². The van der Waals surface area contributed by atoms with Crippen molar-refractivity contribution in [2.45, 2.75) is 44.8 Å². The maximum Gasteiger partial charge on any atom is 0.137 e. The third kappa shape index (κ3) is 2.86. The molecule has 20 heavy (non-hydrogen) atoms. The molecule has 1 N–H and O–H groups in total. The number of aryl methyl sites for hydroxylation is 1. The molecule has 0 unspecified atom stereocenters. The van der Waals surface area contributed by atoms with E-state index in [0.717, 1.165) is 50.1 Å². The summed E-state index contributed by atoms with van der Waals surface area (Å²) in [6.07, 6.45) is 8.34. The summed E-state index contributed by atoms with van der Waals surface area (Å²) < 4.78 is 2.07. The maximum atomic E-state index is 10.4. The predicted octanol–water partition coefficient (Wildman–Crippen LogP) is 2.38. The van der Waals surface area contributed by atoms with Crippen molar-refractivity contribution in [3.63, 3.8) is 0 Å². The van der Waals surface area contributed by atoms with E-state index in [1.165, 1.54) is 5.56 Å². The molecule has 108 valence electrons.